The standard InChI is InChI=1S/C23H24FN5O8/c1-9-6-28-15-11(5-23(17(28)10(2)35-9)19(30)25-21(32)26-20(23)31)4-13-16(14(15)24)37-27-18(13)29-7-12(8-34-3)36-22(29)33/h4,9-10,12,17H,5-8H2,1-3H3,(H2,25,26,30,31,32). The van der Waals surface area contributed by atoms with E-state index in [9.17, 15) is 19.2 Å². The number of hydrogen-bond acceptors (Lipinski definition) is 10. The summed E-state index contributed by atoms with van der Waals surface area (Å²) in [7, 11) is 1.48. The van der Waals surface area contributed by atoms with Crippen LogP contribution in [0.15, 0.2) is 10.6 Å². The van der Waals surface area contributed by atoms with E-state index in [0.717, 1.165) is 0 Å². The Morgan fingerprint density at radius 2 is 1.92 bits per heavy atom. The van der Waals surface area contributed by atoms with Crippen LogP contribution < -0.4 is 20.4 Å². The summed E-state index contributed by atoms with van der Waals surface area (Å²) in [4.78, 5) is 53.9. The zero-order valence-corrected chi connectivity index (χ0v) is 20.2. The van der Waals surface area contributed by atoms with Crippen LogP contribution in [0.3, 0.4) is 0 Å². The lowest BCUT2D eigenvalue weighted by molar-refractivity contribution is -0.153. The van der Waals surface area contributed by atoms with Gasteiger partial charge in [0.1, 0.15) is 6.10 Å². The van der Waals surface area contributed by atoms with Crippen LogP contribution in [0, 0.1) is 11.2 Å². The first kappa shape index (κ1) is 23.6. The molecule has 0 saturated carbocycles. The Hall–Kier alpha value is -3.78. The third kappa shape index (κ3) is 3.25. The van der Waals surface area contributed by atoms with E-state index < -0.39 is 53.4 Å². The van der Waals surface area contributed by atoms with Gasteiger partial charge in [0.15, 0.2) is 17.1 Å². The van der Waals surface area contributed by atoms with E-state index in [2.05, 4.69) is 15.8 Å². The molecule has 196 valence electrons. The van der Waals surface area contributed by atoms with Crippen LogP contribution in [0.4, 0.5) is 25.5 Å². The molecule has 4 aliphatic rings. The van der Waals surface area contributed by atoms with Crippen molar-refractivity contribution in [3.63, 3.8) is 0 Å². The number of methoxy groups -OCH3 is 1. The molecule has 2 aromatic rings. The average Bonchev–Trinajstić information content (AvgIpc) is 3.40. The van der Waals surface area contributed by atoms with Crippen molar-refractivity contribution in [1.82, 2.24) is 15.8 Å². The Labute approximate surface area is 209 Å². The SMILES string of the molecule is COCC1CN(c2noc3c(F)c4c(cc23)CC2(C(=O)NC(=O)NC2=O)C2C(C)OC(C)CN42)C(=O)O1. The van der Waals surface area contributed by atoms with E-state index in [4.69, 9.17) is 18.7 Å². The third-order valence-electron chi connectivity index (χ3n) is 7.43. The maximum Gasteiger partial charge on any atom is 0.416 e. The molecular weight excluding hydrogens is 493 g/mol. The van der Waals surface area contributed by atoms with Crippen LogP contribution in [0.1, 0.15) is 19.4 Å². The number of hydrogen-bond donors (Lipinski definition) is 2. The van der Waals surface area contributed by atoms with Gasteiger partial charge in [-0.15, -0.1) is 0 Å². The smallest absolute Gasteiger partial charge is 0.416 e. The lowest BCUT2D eigenvalue weighted by Crippen LogP contribution is -2.75. The number of amides is 5. The first-order valence-electron chi connectivity index (χ1n) is 11.8. The Morgan fingerprint density at radius 1 is 1.19 bits per heavy atom. The van der Waals surface area contributed by atoms with Crippen LogP contribution in [0.5, 0.6) is 0 Å². The monoisotopic (exact) mass is 517 g/mol. The summed E-state index contributed by atoms with van der Waals surface area (Å²) < 4.78 is 37.8. The number of halogens is 1. The van der Waals surface area contributed by atoms with E-state index in [1.807, 2.05) is 0 Å². The second-order valence-electron chi connectivity index (χ2n) is 9.79. The number of carbonyl (C=O) groups is 4. The topological polar surface area (TPSA) is 153 Å². The molecule has 0 radical (unpaired) electrons. The number of imide groups is 2. The number of nitrogens with one attached hydrogen (secondary N) is 2. The van der Waals surface area contributed by atoms with Gasteiger partial charge < -0.3 is 23.6 Å². The number of morpholine rings is 1. The van der Waals surface area contributed by atoms with Crippen molar-refractivity contribution in [3.05, 3.63) is 17.4 Å². The predicted octanol–water partition coefficient (Wildman–Crippen LogP) is 0.829. The number of nitrogens with zero attached hydrogens (tertiary/aromatic N) is 3. The summed E-state index contributed by atoms with van der Waals surface area (Å²) in [5.74, 6) is -2.26. The number of cyclic esters (lactones) is 1. The van der Waals surface area contributed by atoms with Gasteiger partial charge in [0.2, 0.25) is 17.4 Å². The molecule has 0 aliphatic carbocycles. The van der Waals surface area contributed by atoms with Crippen molar-refractivity contribution in [2.45, 2.75) is 44.6 Å². The summed E-state index contributed by atoms with van der Waals surface area (Å²) in [6, 6.07) is -0.255. The summed E-state index contributed by atoms with van der Waals surface area (Å²) in [5.41, 5.74) is -1.46. The number of barbiturate groups is 1. The fourth-order valence-corrected chi connectivity index (χ4v) is 6.10. The molecule has 5 heterocycles. The Kier molecular flexibility index (Phi) is 5.18. The number of anilines is 2. The number of benzene rings is 1. The molecule has 3 saturated heterocycles. The third-order valence-corrected chi connectivity index (χ3v) is 7.43. The van der Waals surface area contributed by atoms with Gasteiger partial charge in [-0.2, -0.15) is 0 Å². The minimum absolute atomic E-state index is 0.0490. The van der Waals surface area contributed by atoms with Crippen LogP contribution in [-0.4, -0.2) is 80.3 Å². The molecule has 13 nitrogen and oxygen atoms in total. The Bertz CT molecular complexity index is 1340. The molecule has 3 fully saturated rings. The molecule has 6 rings (SSSR count). The minimum Gasteiger partial charge on any atom is -0.441 e. The molecule has 1 aromatic heterocycles. The maximum atomic E-state index is 16.2. The van der Waals surface area contributed by atoms with Crippen molar-refractivity contribution in [1.29, 1.82) is 0 Å². The number of urea groups is 1. The number of ether oxygens (including phenoxy) is 3. The summed E-state index contributed by atoms with van der Waals surface area (Å²) >= 11 is 0. The molecular formula is C23H24FN5O8. The molecule has 1 aromatic carbocycles. The van der Waals surface area contributed by atoms with Crippen molar-refractivity contribution in [3.8, 4) is 0 Å². The van der Waals surface area contributed by atoms with Gasteiger partial charge in [0.25, 0.3) is 0 Å². The first-order valence-corrected chi connectivity index (χ1v) is 11.8. The minimum atomic E-state index is -1.77. The van der Waals surface area contributed by atoms with Gasteiger partial charge in [-0.3, -0.25) is 25.1 Å². The highest BCUT2D eigenvalue weighted by Gasteiger charge is 2.63. The molecule has 4 aliphatic heterocycles. The fourth-order valence-electron chi connectivity index (χ4n) is 6.10. The number of rotatable bonds is 3. The highest BCUT2D eigenvalue weighted by Crippen LogP contribution is 2.49. The van der Waals surface area contributed by atoms with Crippen LogP contribution in [0.25, 0.3) is 11.0 Å². The summed E-state index contributed by atoms with van der Waals surface area (Å²) in [6.07, 6.45) is -2.45. The predicted molar refractivity (Wildman–Crippen MR) is 122 cm³/mol. The highest BCUT2D eigenvalue weighted by molar-refractivity contribution is 6.20. The molecule has 1 spiro atoms. The molecule has 4 atom stereocenters. The Morgan fingerprint density at radius 3 is 2.62 bits per heavy atom. The molecule has 0 bridgehead atoms. The summed E-state index contributed by atoms with van der Waals surface area (Å²) in [6.45, 7) is 3.97. The van der Waals surface area contributed by atoms with Crippen molar-refractivity contribution in [2.24, 2.45) is 5.41 Å². The molecule has 14 heteroatoms. The van der Waals surface area contributed by atoms with Gasteiger partial charge in [-0.05, 0) is 25.5 Å². The van der Waals surface area contributed by atoms with Gasteiger partial charge >= 0.3 is 12.1 Å². The van der Waals surface area contributed by atoms with E-state index in [1.165, 1.54) is 12.0 Å². The van der Waals surface area contributed by atoms with E-state index in [1.54, 1.807) is 24.8 Å². The van der Waals surface area contributed by atoms with Gasteiger partial charge in [-0.1, -0.05) is 5.16 Å². The van der Waals surface area contributed by atoms with Gasteiger partial charge in [-0.25, -0.2) is 14.0 Å². The molecule has 2 N–H and O–H groups in total. The second-order valence-corrected chi connectivity index (χ2v) is 9.79. The first-order chi connectivity index (χ1) is 17.6. The molecule has 5 amide bonds. The normalized spacial score (nSPS) is 28.8. The Balaban J connectivity index is 1.52. The zero-order chi connectivity index (χ0) is 26.2. The zero-order valence-electron chi connectivity index (χ0n) is 20.2. The van der Waals surface area contributed by atoms with E-state index in [-0.39, 0.29) is 54.7 Å². The quantitative estimate of drug-likeness (QED) is 0.560. The van der Waals surface area contributed by atoms with Crippen molar-refractivity contribution in [2.75, 3.05) is 36.6 Å². The molecule has 37 heavy (non-hydrogen) atoms. The number of aromatic nitrogens is 1. The highest BCUT2D eigenvalue weighted by atomic mass is 19.1. The number of fused-ring (bicyclic) bond motifs is 5. The van der Waals surface area contributed by atoms with Crippen molar-refractivity contribution >= 4 is 46.4 Å². The van der Waals surface area contributed by atoms with E-state index in [0.29, 0.717) is 5.56 Å². The lowest BCUT2D eigenvalue weighted by atomic mass is 9.66. The second kappa shape index (κ2) is 8.11. The average molecular weight is 517 g/mol. The van der Waals surface area contributed by atoms with Gasteiger partial charge in [0.05, 0.1) is 42.5 Å². The fraction of sp³-hybridized carbons (Fsp3) is 0.522. The maximum absolute atomic E-state index is 16.2. The van der Waals surface area contributed by atoms with Crippen molar-refractivity contribution < 1.29 is 42.3 Å². The van der Waals surface area contributed by atoms with Crippen LogP contribution in [0.2, 0.25) is 0 Å². The lowest BCUT2D eigenvalue weighted by Gasteiger charge is -2.55. The van der Waals surface area contributed by atoms with Crippen LogP contribution >= 0.6 is 0 Å². The van der Waals surface area contributed by atoms with E-state index >= 15 is 4.39 Å². The summed E-state index contributed by atoms with van der Waals surface area (Å²) in [5, 5.41) is 8.52. The molecule has 4 unspecified atom stereocenters. The largest absolute Gasteiger partial charge is 0.441 e. The number of carbonyl (C=O) groups excluding carboxylic acids is 4. The van der Waals surface area contributed by atoms with Gasteiger partial charge in [0, 0.05) is 20.1 Å². The van der Waals surface area contributed by atoms with Crippen LogP contribution in [-0.2, 0) is 30.2 Å².